The normalized spacial score (nSPS) is 26.5. The predicted molar refractivity (Wildman–Crippen MR) is 140 cm³/mol. The van der Waals surface area contributed by atoms with Gasteiger partial charge in [-0.2, -0.15) is 0 Å². The standard InChI is InChI=1S/C29H31NO6S/c1-16-6-8-19(9-7-16)37-28-20-10-11-23(35-17(2)31)27(36-18(3)32)25(20)29-12-13-30(4)26(28)21(29)14-24(34-5)22(33)15-29/h6-11,14,21,26,28H,12-13,15H2,1-5H3/t21-,26-,28-,29-/m1/s1. The molecule has 1 aliphatic heterocycles. The molecule has 4 atom stereocenters. The van der Waals surface area contributed by atoms with E-state index in [-0.39, 0.29) is 40.9 Å². The van der Waals surface area contributed by atoms with Crippen LogP contribution in [0, 0.1) is 12.8 Å². The third kappa shape index (κ3) is 4.36. The second-order valence-corrected chi connectivity index (χ2v) is 11.3. The lowest BCUT2D eigenvalue weighted by atomic mass is 9.53. The molecule has 2 aromatic rings. The van der Waals surface area contributed by atoms with E-state index in [1.807, 2.05) is 12.1 Å². The molecule has 2 aromatic carbocycles. The number of piperidine rings is 1. The molecule has 1 fully saturated rings. The maximum Gasteiger partial charge on any atom is 0.308 e. The molecule has 0 amide bonds. The van der Waals surface area contributed by atoms with Crippen LogP contribution in [0.3, 0.4) is 0 Å². The number of methoxy groups -OCH3 is 1. The van der Waals surface area contributed by atoms with Gasteiger partial charge >= 0.3 is 11.9 Å². The van der Waals surface area contributed by atoms with Gasteiger partial charge in [0.2, 0.25) is 0 Å². The molecule has 2 aliphatic carbocycles. The van der Waals surface area contributed by atoms with Crippen LogP contribution in [0.2, 0.25) is 0 Å². The van der Waals surface area contributed by atoms with Gasteiger partial charge in [-0.3, -0.25) is 14.4 Å². The number of hydrogen-bond acceptors (Lipinski definition) is 8. The van der Waals surface area contributed by atoms with E-state index in [2.05, 4.69) is 43.1 Å². The molecule has 3 aliphatic rings. The van der Waals surface area contributed by atoms with Crippen LogP contribution in [0.15, 0.2) is 53.1 Å². The summed E-state index contributed by atoms with van der Waals surface area (Å²) in [6.45, 7) is 5.48. The Bertz CT molecular complexity index is 1300. The third-order valence-electron chi connectivity index (χ3n) is 7.78. The Balaban J connectivity index is 1.79. The van der Waals surface area contributed by atoms with Crippen molar-refractivity contribution in [2.75, 3.05) is 20.7 Å². The monoisotopic (exact) mass is 521 g/mol. The average molecular weight is 522 g/mol. The molecule has 0 spiro atoms. The fourth-order valence-corrected chi connectivity index (χ4v) is 7.68. The van der Waals surface area contributed by atoms with Gasteiger partial charge in [-0.05, 0) is 56.8 Å². The number of ether oxygens (including phenoxy) is 3. The Morgan fingerprint density at radius 3 is 2.41 bits per heavy atom. The molecule has 0 unspecified atom stereocenters. The summed E-state index contributed by atoms with van der Waals surface area (Å²) in [5.41, 5.74) is 2.35. The molecule has 1 saturated heterocycles. The zero-order chi connectivity index (χ0) is 26.5. The van der Waals surface area contributed by atoms with Crippen molar-refractivity contribution in [1.29, 1.82) is 0 Å². The maximum absolute atomic E-state index is 13.3. The Labute approximate surface area is 221 Å². The van der Waals surface area contributed by atoms with E-state index in [1.54, 1.807) is 17.8 Å². The number of benzene rings is 2. The minimum absolute atomic E-state index is 0.0376. The molecular formula is C29H31NO6S. The van der Waals surface area contributed by atoms with Crippen molar-refractivity contribution >= 4 is 29.5 Å². The molecule has 0 N–H and O–H groups in total. The summed E-state index contributed by atoms with van der Waals surface area (Å²) in [4.78, 5) is 41.0. The summed E-state index contributed by atoms with van der Waals surface area (Å²) in [5, 5.41) is -0.0376. The second kappa shape index (κ2) is 9.65. The number of allylic oxidation sites excluding steroid dienone is 1. The quantitative estimate of drug-likeness (QED) is 0.412. The van der Waals surface area contributed by atoms with E-state index < -0.39 is 17.4 Å². The lowest BCUT2D eigenvalue weighted by molar-refractivity contribution is -0.134. The Morgan fingerprint density at radius 2 is 1.76 bits per heavy atom. The van der Waals surface area contributed by atoms with Crippen molar-refractivity contribution in [1.82, 2.24) is 4.90 Å². The first-order valence-corrected chi connectivity index (χ1v) is 13.3. The topological polar surface area (TPSA) is 82.1 Å². The number of nitrogens with zero attached hydrogens (tertiary/aromatic N) is 1. The highest BCUT2D eigenvalue weighted by Crippen LogP contribution is 2.63. The van der Waals surface area contributed by atoms with E-state index in [4.69, 9.17) is 14.2 Å². The van der Waals surface area contributed by atoms with E-state index >= 15 is 0 Å². The fraction of sp³-hybridized carbons (Fsp3) is 0.414. The van der Waals surface area contributed by atoms with Crippen LogP contribution in [-0.2, 0) is 24.5 Å². The Morgan fingerprint density at radius 1 is 1.05 bits per heavy atom. The van der Waals surface area contributed by atoms with Crippen LogP contribution in [-0.4, -0.2) is 49.4 Å². The molecule has 0 aromatic heterocycles. The van der Waals surface area contributed by atoms with Gasteiger partial charge in [-0.1, -0.05) is 23.8 Å². The molecule has 7 nitrogen and oxygen atoms in total. The maximum atomic E-state index is 13.3. The number of carbonyl (C=O) groups is 3. The number of Topliss-reactive ketones (excluding diaryl/α,β-unsaturated/α-hetero) is 1. The number of fused-ring (bicyclic) bond motifs is 1. The van der Waals surface area contributed by atoms with Gasteiger partial charge in [0.15, 0.2) is 23.0 Å². The van der Waals surface area contributed by atoms with E-state index in [0.717, 1.165) is 22.6 Å². The number of esters is 2. The minimum atomic E-state index is -0.614. The van der Waals surface area contributed by atoms with E-state index in [0.29, 0.717) is 12.2 Å². The number of thioether (sulfide) groups is 1. The first-order valence-electron chi connectivity index (χ1n) is 12.4. The molecule has 1 heterocycles. The zero-order valence-electron chi connectivity index (χ0n) is 21.7. The van der Waals surface area contributed by atoms with Crippen molar-refractivity contribution in [3.05, 3.63) is 64.9 Å². The number of ketones is 1. The second-order valence-electron chi connectivity index (χ2n) is 10.1. The highest BCUT2D eigenvalue weighted by Gasteiger charge is 2.60. The van der Waals surface area contributed by atoms with Crippen molar-refractivity contribution in [2.45, 2.75) is 55.2 Å². The summed E-state index contributed by atoms with van der Waals surface area (Å²) in [6.07, 6.45) is 2.89. The number of carbonyl (C=O) groups excluding carboxylic acids is 3. The zero-order valence-corrected chi connectivity index (χ0v) is 22.5. The van der Waals surface area contributed by atoms with Crippen molar-refractivity contribution in [3.8, 4) is 11.5 Å². The van der Waals surface area contributed by atoms with Gasteiger partial charge in [0.1, 0.15) is 0 Å². The molecular weight excluding hydrogens is 490 g/mol. The first-order chi connectivity index (χ1) is 17.6. The number of rotatable bonds is 5. The molecule has 2 bridgehead atoms. The summed E-state index contributed by atoms with van der Waals surface area (Å²) >= 11 is 1.75. The molecule has 0 radical (unpaired) electrons. The highest BCUT2D eigenvalue weighted by atomic mass is 32.2. The summed E-state index contributed by atoms with van der Waals surface area (Å²) < 4.78 is 16.8. The Hall–Kier alpha value is -3.10. The predicted octanol–water partition coefficient (Wildman–Crippen LogP) is 4.75. The van der Waals surface area contributed by atoms with E-state index in [1.165, 1.54) is 26.5 Å². The number of likely N-dealkylation sites (N-methyl/N-ethyl adjacent to an activating group) is 1. The smallest absolute Gasteiger partial charge is 0.308 e. The number of likely N-dealkylation sites (tertiary alicyclic amines) is 1. The molecule has 194 valence electrons. The van der Waals surface area contributed by atoms with Gasteiger partial charge in [0.05, 0.1) is 12.4 Å². The van der Waals surface area contributed by atoms with E-state index in [9.17, 15) is 14.4 Å². The molecule has 37 heavy (non-hydrogen) atoms. The van der Waals surface area contributed by atoms with Crippen LogP contribution < -0.4 is 9.47 Å². The minimum Gasteiger partial charge on any atom is -0.493 e. The summed E-state index contributed by atoms with van der Waals surface area (Å²) in [6, 6.07) is 12.2. The van der Waals surface area contributed by atoms with Gasteiger partial charge in [-0.25, -0.2) is 0 Å². The third-order valence-corrected chi connectivity index (χ3v) is 9.11. The van der Waals surface area contributed by atoms with Crippen LogP contribution in [0.4, 0.5) is 0 Å². The number of hydrogen-bond donors (Lipinski definition) is 0. The average Bonchev–Trinajstić information content (AvgIpc) is 2.84. The van der Waals surface area contributed by atoms with Crippen LogP contribution in [0.5, 0.6) is 11.5 Å². The van der Waals surface area contributed by atoms with Crippen molar-refractivity contribution < 1.29 is 28.6 Å². The van der Waals surface area contributed by atoms with Gasteiger partial charge in [-0.15, -0.1) is 11.8 Å². The summed E-state index contributed by atoms with van der Waals surface area (Å²) in [5.74, 6) is -0.368. The van der Waals surface area contributed by atoms with Crippen LogP contribution in [0.1, 0.15) is 48.6 Å². The van der Waals surface area contributed by atoms with Crippen molar-refractivity contribution in [3.63, 3.8) is 0 Å². The highest BCUT2D eigenvalue weighted by molar-refractivity contribution is 7.99. The number of aryl methyl sites for hydroxylation is 1. The van der Waals surface area contributed by atoms with Gasteiger partial charge < -0.3 is 19.1 Å². The lowest BCUT2D eigenvalue weighted by Crippen LogP contribution is -2.61. The SMILES string of the molecule is COC1=C[C@@H]2[C@@H]3[C@H](Sc4ccc(C)cc4)c4ccc(OC(C)=O)c(OC(C)=O)c4[C@]2(CCN3C)CC1=O. The molecule has 8 heteroatoms. The summed E-state index contributed by atoms with van der Waals surface area (Å²) in [7, 11) is 3.65. The van der Waals surface area contributed by atoms with Crippen LogP contribution in [0.25, 0.3) is 0 Å². The molecule has 0 saturated carbocycles. The van der Waals surface area contributed by atoms with Crippen LogP contribution >= 0.6 is 11.8 Å². The van der Waals surface area contributed by atoms with Gasteiger partial charge in [0.25, 0.3) is 0 Å². The Kier molecular flexibility index (Phi) is 6.66. The molecule has 5 rings (SSSR count). The lowest BCUT2D eigenvalue weighted by Gasteiger charge is -2.59. The van der Waals surface area contributed by atoms with Crippen molar-refractivity contribution in [2.24, 2.45) is 5.92 Å². The largest absolute Gasteiger partial charge is 0.493 e. The van der Waals surface area contributed by atoms with Gasteiger partial charge in [0, 0.05) is 48.1 Å². The fourth-order valence-electron chi connectivity index (χ4n) is 6.26. The first kappa shape index (κ1) is 25.5.